The summed E-state index contributed by atoms with van der Waals surface area (Å²) in [6.07, 6.45) is 56.9. The first-order valence-corrected chi connectivity index (χ1v) is 43.0. The lowest BCUT2D eigenvalue weighted by Gasteiger charge is -2.21. The Bertz CT molecular complexity index is 1860. The van der Waals surface area contributed by atoms with E-state index in [0.717, 1.165) is 102 Å². The predicted octanol–water partition coefficient (Wildman–Crippen LogP) is 22.7. The molecular formula is C77H150O17P2. The number of carbonyl (C=O) groups excluding carboxylic acids is 4. The van der Waals surface area contributed by atoms with Crippen LogP contribution in [0.4, 0.5) is 0 Å². The van der Waals surface area contributed by atoms with Gasteiger partial charge in [0.15, 0.2) is 12.2 Å². The summed E-state index contributed by atoms with van der Waals surface area (Å²) in [5, 5.41) is 10.6. The van der Waals surface area contributed by atoms with Crippen molar-refractivity contribution in [2.45, 2.75) is 419 Å². The molecule has 0 spiro atoms. The minimum Gasteiger partial charge on any atom is -0.462 e. The van der Waals surface area contributed by atoms with Crippen LogP contribution in [0.5, 0.6) is 0 Å². The Morgan fingerprint density at radius 3 is 0.792 bits per heavy atom. The van der Waals surface area contributed by atoms with Crippen molar-refractivity contribution in [2.75, 3.05) is 39.6 Å². The van der Waals surface area contributed by atoms with Crippen molar-refractivity contribution in [3.05, 3.63) is 0 Å². The van der Waals surface area contributed by atoms with Gasteiger partial charge >= 0.3 is 39.5 Å². The molecule has 3 N–H and O–H groups in total. The van der Waals surface area contributed by atoms with Gasteiger partial charge in [0.05, 0.1) is 26.4 Å². The maximum Gasteiger partial charge on any atom is 0.472 e. The summed E-state index contributed by atoms with van der Waals surface area (Å²) in [5.41, 5.74) is 0. The van der Waals surface area contributed by atoms with Gasteiger partial charge in [-0.2, -0.15) is 0 Å². The molecule has 570 valence electrons. The molecule has 96 heavy (non-hydrogen) atoms. The smallest absolute Gasteiger partial charge is 0.462 e. The largest absolute Gasteiger partial charge is 0.472 e. The molecule has 0 radical (unpaired) electrons. The fourth-order valence-electron chi connectivity index (χ4n) is 11.8. The van der Waals surface area contributed by atoms with Crippen LogP contribution in [0.2, 0.25) is 0 Å². The normalized spacial score (nSPS) is 14.3. The molecule has 0 amide bonds. The first-order valence-electron chi connectivity index (χ1n) is 40.0. The highest BCUT2D eigenvalue weighted by Gasteiger charge is 2.30. The average molecular weight is 1410 g/mol. The molecule has 6 atom stereocenters. The quantitative estimate of drug-likeness (QED) is 0.0222. The van der Waals surface area contributed by atoms with Gasteiger partial charge in [-0.05, 0) is 37.5 Å². The van der Waals surface area contributed by atoms with Crippen molar-refractivity contribution in [3.63, 3.8) is 0 Å². The molecule has 0 rings (SSSR count). The van der Waals surface area contributed by atoms with Gasteiger partial charge in [0.25, 0.3) is 0 Å². The second-order valence-electron chi connectivity index (χ2n) is 28.5. The van der Waals surface area contributed by atoms with Crippen LogP contribution in [0.15, 0.2) is 0 Å². The van der Waals surface area contributed by atoms with E-state index < -0.39 is 97.5 Å². The summed E-state index contributed by atoms with van der Waals surface area (Å²) < 4.78 is 68.6. The summed E-state index contributed by atoms with van der Waals surface area (Å²) in [6.45, 7) is 9.57. The lowest BCUT2D eigenvalue weighted by Crippen LogP contribution is -2.30. The zero-order valence-corrected chi connectivity index (χ0v) is 64.5. The van der Waals surface area contributed by atoms with Gasteiger partial charge in [-0.15, -0.1) is 0 Å². The number of ether oxygens (including phenoxy) is 4. The van der Waals surface area contributed by atoms with Gasteiger partial charge in [-0.1, -0.05) is 350 Å². The molecule has 0 bridgehead atoms. The molecule has 0 aromatic carbocycles. The highest BCUT2D eigenvalue weighted by atomic mass is 31.2. The maximum absolute atomic E-state index is 13.1. The monoisotopic (exact) mass is 1410 g/mol. The molecule has 19 heteroatoms. The summed E-state index contributed by atoms with van der Waals surface area (Å²) in [5.74, 6) is -0.620. The fraction of sp³-hybridized carbons (Fsp3) is 0.948. The standard InChI is InChI=1S/C77H150O17P2/c1-7-10-12-14-16-18-20-22-24-25-26-27-28-30-32-34-43-49-55-61-76(81)93-72(65-87-74(79)59-53-47-41-33-31-29-23-21-19-17-15-13-11-8-2)67-91-95(83,84)89-63-71(78)64-90-96(85,86)92-68-73(66-88-75(80)60-54-48-42-37-35-39-45-51-57-69(4)5)94-77(82)62-56-50-44-38-36-40-46-52-58-70(6)9-3/h69-73,78H,7-68H2,1-6H3,(H,83,84)(H,85,86)/t70?,71-,72-,73-/m1/s1. The van der Waals surface area contributed by atoms with Crippen LogP contribution in [-0.2, 0) is 65.4 Å². The molecule has 3 unspecified atom stereocenters. The van der Waals surface area contributed by atoms with Crippen molar-refractivity contribution in [2.24, 2.45) is 11.8 Å². The van der Waals surface area contributed by atoms with Crippen LogP contribution in [0.1, 0.15) is 401 Å². The maximum atomic E-state index is 13.1. The van der Waals surface area contributed by atoms with Gasteiger partial charge in [-0.3, -0.25) is 37.3 Å². The second kappa shape index (κ2) is 68.8. The number of rotatable bonds is 76. The van der Waals surface area contributed by atoms with Crippen molar-refractivity contribution < 1.29 is 80.2 Å². The zero-order chi connectivity index (χ0) is 70.7. The van der Waals surface area contributed by atoms with E-state index in [9.17, 15) is 43.2 Å². The summed E-state index contributed by atoms with van der Waals surface area (Å²) in [4.78, 5) is 72.9. The highest BCUT2D eigenvalue weighted by Crippen LogP contribution is 2.45. The van der Waals surface area contributed by atoms with E-state index in [0.29, 0.717) is 25.7 Å². The molecular weight excluding hydrogens is 1260 g/mol. The number of phosphoric ester groups is 2. The SMILES string of the molecule is CCCCCCCCCCCCCCCCCCCCCC(=O)O[C@H](COC(=O)CCCCCCCCCCCCCCCC)COP(=O)(O)OC[C@@H](O)COP(=O)(O)OC[C@@H](COC(=O)CCCCCCCCCCC(C)C)OC(=O)CCCCCCCCCCC(C)CC. The molecule has 0 saturated carbocycles. The number of carbonyl (C=O) groups is 4. The van der Waals surface area contributed by atoms with Gasteiger partial charge in [0.2, 0.25) is 0 Å². The van der Waals surface area contributed by atoms with E-state index >= 15 is 0 Å². The summed E-state index contributed by atoms with van der Waals surface area (Å²) >= 11 is 0. The lowest BCUT2D eigenvalue weighted by atomic mass is 9.99. The number of phosphoric acid groups is 2. The first-order chi connectivity index (χ1) is 46.4. The summed E-state index contributed by atoms with van der Waals surface area (Å²) in [6, 6.07) is 0. The van der Waals surface area contributed by atoms with Crippen LogP contribution in [-0.4, -0.2) is 96.7 Å². The van der Waals surface area contributed by atoms with Crippen molar-refractivity contribution in [3.8, 4) is 0 Å². The van der Waals surface area contributed by atoms with Crippen LogP contribution in [0, 0.1) is 11.8 Å². The van der Waals surface area contributed by atoms with Crippen molar-refractivity contribution in [1.82, 2.24) is 0 Å². The van der Waals surface area contributed by atoms with E-state index in [4.69, 9.17) is 37.0 Å². The van der Waals surface area contributed by atoms with Gasteiger partial charge < -0.3 is 33.8 Å². The molecule has 0 aliphatic carbocycles. The Kier molecular flexibility index (Phi) is 67.4. The second-order valence-corrected chi connectivity index (χ2v) is 31.4. The zero-order valence-electron chi connectivity index (χ0n) is 62.7. The molecule has 0 saturated heterocycles. The number of hydrogen-bond donors (Lipinski definition) is 3. The first kappa shape index (κ1) is 94.1. The number of unbranched alkanes of at least 4 members (excludes halogenated alkanes) is 45. The van der Waals surface area contributed by atoms with Crippen LogP contribution in [0.3, 0.4) is 0 Å². The molecule has 0 fully saturated rings. The van der Waals surface area contributed by atoms with E-state index in [2.05, 4.69) is 41.5 Å². The van der Waals surface area contributed by atoms with Gasteiger partial charge in [0, 0.05) is 25.7 Å². The molecule has 0 aromatic rings. The number of hydrogen-bond acceptors (Lipinski definition) is 15. The third kappa shape index (κ3) is 69.2. The third-order valence-corrected chi connectivity index (χ3v) is 20.2. The molecule has 0 aliphatic heterocycles. The van der Waals surface area contributed by atoms with Crippen molar-refractivity contribution >= 4 is 39.5 Å². The Morgan fingerprint density at radius 2 is 0.531 bits per heavy atom. The Labute approximate surface area is 588 Å². The van der Waals surface area contributed by atoms with Crippen LogP contribution in [0.25, 0.3) is 0 Å². The number of esters is 4. The van der Waals surface area contributed by atoms with Gasteiger partial charge in [-0.25, -0.2) is 9.13 Å². The lowest BCUT2D eigenvalue weighted by molar-refractivity contribution is -0.161. The van der Waals surface area contributed by atoms with E-state index in [1.165, 1.54) is 218 Å². The van der Waals surface area contributed by atoms with E-state index in [1.807, 2.05) is 0 Å². The Balaban J connectivity index is 5.24. The minimum atomic E-state index is -4.96. The molecule has 0 heterocycles. The topological polar surface area (TPSA) is 237 Å². The van der Waals surface area contributed by atoms with Crippen LogP contribution >= 0.6 is 15.6 Å². The van der Waals surface area contributed by atoms with E-state index in [-0.39, 0.29) is 25.7 Å². The highest BCUT2D eigenvalue weighted by molar-refractivity contribution is 7.47. The van der Waals surface area contributed by atoms with E-state index in [1.54, 1.807) is 0 Å². The Morgan fingerprint density at radius 1 is 0.302 bits per heavy atom. The van der Waals surface area contributed by atoms with Gasteiger partial charge in [0.1, 0.15) is 19.3 Å². The number of aliphatic hydroxyl groups excluding tert-OH is 1. The minimum absolute atomic E-state index is 0.105. The average Bonchev–Trinajstić information content (AvgIpc) is 1.41. The molecule has 0 aliphatic rings. The predicted molar refractivity (Wildman–Crippen MR) is 391 cm³/mol. The number of aliphatic hydroxyl groups is 1. The molecule has 0 aromatic heterocycles. The Hall–Kier alpha value is -1.94. The summed E-state index contributed by atoms with van der Waals surface area (Å²) in [7, 11) is -9.91. The fourth-order valence-corrected chi connectivity index (χ4v) is 13.4. The molecule has 17 nitrogen and oxygen atoms in total. The van der Waals surface area contributed by atoms with Crippen molar-refractivity contribution in [1.29, 1.82) is 0 Å². The van der Waals surface area contributed by atoms with Crippen LogP contribution < -0.4 is 0 Å². The third-order valence-electron chi connectivity index (χ3n) is 18.3.